The third-order valence-corrected chi connectivity index (χ3v) is 6.65. The molecule has 10 heteroatoms. The zero-order chi connectivity index (χ0) is 17.4. The molecule has 1 fully saturated rings. The first kappa shape index (κ1) is 22.8. The first-order valence-corrected chi connectivity index (χ1v) is 10.7. The summed E-state index contributed by atoms with van der Waals surface area (Å²) in [6.45, 7) is 1.57. The summed E-state index contributed by atoms with van der Waals surface area (Å²) in [5, 5.41) is 7.40. The molecular formula is C15H24ClIN4O2S2. The number of nitrogens with zero attached hydrogens (tertiary/aromatic N) is 1. The van der Waals surface area contributed by atoms with E-state index in [1.807, 2.05) is 11.8 Å². The Kier molecular flexibility index (Phi) is 10.5. The fourth-order valence-corrected chi connectivity index (χ4v) is 4.85. The van der Waals surface area contributed by atoms with Gasteiger partial charge in [-0.2, -0.15) is 11.8 Å². The van der Waals surface area contributed by atoms with Crippen LogP contribution in [0.1, 0.15) is 12.8 Å². The van der Waals surface area contributed by atoms with E-state index in [0.29, 0.717) is 22.8 Å². The van der Waals surface area contributed by atoms with Gasteiger partial charge in [-0.25, -0.2) is 13.1 Å². The van der Waals surface area contributed by atoms with Gasteiger partial charge >= 0.3 is 0 Å². The average Bonchev–Trinajstić information content (AvgIpc) is 3.07. The summed E-state index contributed by atoms with van der Waals surface area (Å²) in [4.78, 5) is 4.31. The number of guanidine groups is 1. The SMILES string of the molecule is CN=C(NCCNS(=O)(=O)c1cccc(Cl)c1)NCC1CCCS1.I. The van der Waals surface area contributed by atoms with Gasteiger partial charge in [0.1, 0.15) is 0 Å². The van der Waals surface area contributed by atoms with Crippen LogP contribution in [0, 0.1) is 0 Å². The predicted molar refractivity (Wildman–Crippen MR) is 117 cm³/mol. The summed E-state index contributed by atoms with van der Waals surface area (Å²) < 4.78 is 26.8. The monoisotopic (exact) mass is 518 g/mol. The maximum absolute atomic E-state index is 12.2. The fraction of sp³-hybridized carbons (Fsp3) is 0.533. The lowest BCUT2D eigenvalue weighted by atomic mass is 10.2. The lowest BCUT2D eigenvalue weighted by molar-refractivity contribution is 0.580. The molecule has 25 heavy (non-hydrogen) atoms. The maximum atomic E-state index is 12.2. The average molecular weight is 519 g/mol. The molecule has 0 saturated carbocycles. The number of hydrogen-bond donors (Lipinski definition) is 3. The Morgan fingerprint density at radius 1 is 1.36 bits per heavy atom. The zero-order valence-corrected chi connectivity index (χ0v) is 18.7. The molecule has 6 nitrogen and oxygen atoms in total. The number of sulfonamides is 1. The van der Waals surface area contributed by atoms with Gasteiger partial charge in [-0.15, -0.1) is 24.0 Å². The van der Waals surface area contributed by atoms with E-state index in [1.54, 1.807) is 19.2 Å². The van der Waals surface area contributed by atoms with Crippen LogP contribution in [0.2, 0.25) is 5.02 Å². The van der Waals surface area contributed by atoms with Crippen molar-refractivity contribution in [2.45, 2.75) is 23.0 Å². The minimum Gasteiger partial charge on any atom is -0.355 e. The second-order valence-electron chi connectivity index (χ2n) is 5.37. The smallest absolute Gasteiger partial charge is 0.240 e. The summed E-state index contributed by atoms with van der Waals surface area (Å²) in [6, 6.07) is 6.20. The van der Waals surface area contributed by atoms with Gasteiger partial charge in [-0.3, -0.25) is 4.99 Å². The van der Waals surface area contributed by atoms with Crippen molar-refractivity contribution in [3.8, 4) is 0 Å². The second-order valence-corrected chi connectivity index (χ2v) is 8.98. The highest BCUT2D eigenvalue weighted by molar-refractivity contribution is 14.0. The molecule has 1 heterocycles. The summed E-state index contributed by atoms with van der Waals surface area (Å²) >= 11 is 7.81. The first-order chi connectivity index (χ1) is 11.5. The van der Waals surface area contributed by atoms with Gasteiger partial charge in [-0.05, 0) is 36.8 Å². The van der Waals surface area contributed by atoms with Crippen molar-refractivity contribution in [2.75, 3.05) is 32.4 Å². The van der Waals surface area contributed by atoms with E-state index >= 15 is 0 Å². The van der Waals surface area contributed by atoms with Crippen molar-refractivity contribution in [3.05, 3.63) is 29.3 Å². The van der Waals surface area contributed by atoms with Crippen molar-refractivity contribution < 1.29 is 8.42 Å². The van der Waals surface area contributed by atoms with Gasteiger partial charge in [0.15, 0.2) is 5.96 Å². The second kappa shape index (κ2) is 11.5. The number of hydrogen-bond acceptors (Lipinski definition) is 4. The molecule has 1 aromatic rings. The van der Waals surface area contributed by atoms with E-state index in [-0.39, 0.29) is 35.4 Å². The van der Waals surface area contributed by atoms with E-state index in [2.05, 4.69) is 20.3 Å². The Bertz CT molecular complexity index is 667. The van der Waals surface area contributed by atoms with Crippen molar-refractivity contribution in [3.63, 3.8) is 0 Å². The van der Waals surface area contributed by atoms with Gasteiger partial charge in [0.2, 0.25) is 10.0 Å². The molecule has 0 radical (unpaired) electrons. The van der Waals surface area contributed by atoms with E-state index in [0.717, 1.165) is 6.54 Å². The number of halogens is 2. The Hall–Kier alpha value is -0.230. The molecule has 0 spiro atoms. The topological polar surface area (TPSA) is 82.6 Å². The zero-order valence-electron chi connectivity index (χ0n) is 14.0. The molecule has 0 amide bonds. The summed E-state index contributed by atoms with van der Waals surface area (Å²) in [6.07, 6.45) is 2.50. The Morgan fingerprint density at radius 3 is 2.80 bits per heavy atom. The van der Waals surface area contributed by atoms with Gasteiger partial charge in [0.05, 0.1) is 4.90 Å². The molecule has 1 saturated heterocycles. The molecule has 1 atom stereocenters. The Balaban J connectivity index is 0.00000312. The number of rotatable bonds is 7. The van der Waals surface area contributed by atoms with Crippen LogP contribution in [-0.4, -0.2) is 52.1 Å². The van der Waals surface area contributed by atoms with Crippen LogP contribution in [0.4, 0.5) is 0 Å². The summed E-state index contributed by atoms with van der Waals surface area (Å²) in [5.41, 5.74) is 0. The quantitative estimate of drug-likeness (QED) is 0.223. The highest BCUT2D eigenvalue weighted by atomic mass is 127. The number of benzene rings is 1. The first-order valence-electron chi connectivity index (χ1n) is 7.82. The minimum atomic E-state index is -3.55. The van der Waals surface area contributed by atoms with Crippen molar-refractivity contribution in [1.29, 1.82) is 0 Å². The standard InChI is InChI=1S/C15H23ClN4O2S2.HI/c1-17-15(19-11-13-5-3-9-23-13)18-7-8-20-24(21,22)14-6-2-4-12(16)10-14;/h2,4,6,10,13,20H,3,5,7-9,11H2,1H3,(H2,17,18,19);1H. The van der Waals surface area contributed by atoms with E-state index in [9.17, 15) is 8.42 Å². The van der Waals surface area contributed by atoms with Gasteiger partial charge in [0.25, 0.3) is 0 Å². The minimum absolute atomic E-state index is 0. The number of aliphatic imine (C=N–C) groups is 1. The molecule has 0 aliphatic carbocycles. The lowest BCUT2D eigenvalue weighted by Crippen LogP contribution is -2.43. The van der Waals surface area contributed by atoms with Crippen LogP contribution in [0.5, 0.6) is 0 Å². The third-order valence-electron chi connectivity index (χ3n) is 3.56. The Morgan fingerprint density at radius 2 is 2.16 bits per heavy atom. The largest absolute Gasteiger partial charge is 0.355 e. The molecule has 1 unspecified atom stereocenters. The van der Waals surface area contributed by atoms with Crippen LogP contribution < -0.4 is 15.4 Å². The van der Waals surface area contributed by atoms with Crippen molar-refractivity contribution in [2.24, 2.45) is 4.99 Å². The van der Waals surface area contributed by atoms with Crippen molar-refractivity contribution in [1.82, 2.24) is 15.4 Å². The van der Waals surface area contributed by atoms with E-state index in [1.165, 1.54) is 30.7 Å². The highest BCUT2D eigenvalue weighted by Crippen LogP contribution is 2.25. The van der Waals surface area contributed by atoms with Gasteiger partial charge < -0.3 is 10.6 Å². The van der Waals surface area contributed by atoms with Crippen LogP contribution >= 0.6 is 47.3 Å². The predicted octanol–water partition coefficient (Wildman–Crippen LogP) is 2.30. The lowest BCUT2D eigenvalue weighted by Gasteiger charge is -2.15. The molecule has 1 aromatic carbocycles. The molecule has 3 N–H and O–H groups in total. The van der Waals surface area contributed by atoms with Crippen LogP contribution in [-0.2, 0) is 10.0 Å². The summed E-state index contributed by atoms with van der Waals surface area (Å²) in [7, 11) is -1.85. The van der Waals surface area contributed by atoms with Gasteiger partial charge in [0, 0.05) is 37.0 Å². The fourth-order valence-electron chi connectivity index (χ4n) is 2.32. The molecular weight excluding hydrogens is 495 g/mol. The molecule has 2 rings (SSSR count). The maximum Gasteiger partial charge on any atom is 0.240 e. The molecule has 142 valence electrons. The molecule has 0 aromatic heterocycles. The number of thioether (sulfide) groups is 1. The van der Waals surface area contributed by atoms with Gasteiger partial charge in [-0.1, -0.05) is 17.7 Å². The van der Waals surface area contributed by atoms with E-state index < -0.39 is 10.0 Å². The van der Waals surface area contributed by atoms with Crippen molar-refractivity contribution >= 4 is 63.3 Å². The number of nitrogens with one attached hydrogen (secondary N) is 3. The summed E-state index contributed by atoms with van der Waals surface area (Å²) in [5.74, 6) is 1.91. The molecule has 1 aliphatic rings. The van der Waals surface area contributed by atoms with Crippen LogP contribution in [0.3, 0.4) is 0 Å². The van der Waals surface area contributed by atoms with E-state index in [4.69, 9.17) is 11.6 Å². The third kappa shape index (κ3) is 7.90. The molecule has 0 bridgehead atoms. The normalized spacial score (nSPS) is 17.8. The Labute approximate surface area is 176 Å². The molecule has 1 aliphatic heterocycles. The van der Waals surface area contributed by atoms with Crippen LogP contribution in [0.25, 0.3) is 0 Å². The van der Waals surface area contributed by atoms with Crippen LogP contribution in [0.15, 0.2) is 34.2 Å². The highest BCUT2D eigenvalue weighted by Gasteiger charge is 2.16.